The van der Waals surface area contributed by atoms with Gasteiger partial charge in [0, 0.05) is 28.3 Å². The number of benzene rings is 2. The number of anilines is 2. The minimum atomic E-state index is -0.643. The number of methoxy groups -OCH3 is 1. The standard InChI is InChI=1S/C22H19F2N5OS/c1-30-20-10-15(23)5-8-18(20)21-19(24)11-26-22(29-21)28-16-4-2-3-14(9-16)12-31(27-13-25)17-6-7-17/h2-5,8-11,17H,6-7,12H2,1H3,(H,26,28,29). The first-order valence-corrected chi connectivity index (χ1v) is 11.0. The first-order chi connectivity index (χ1) is 15.1. The molecule has 1 atom stereocenters. The molecule has 1 aliphatic rings. The van der Waals surface area contributed by atoms with Gasteiger partial charge in [0.05, 0.1) is 13.3 Å². The van der Waals surface area contributed by atoms with E-state index >= 15 is 0 Å². The molecule has 3 aromatic rings. The Morgan fingerprint density at radius 3 is 2.84 bits per heavy atom. The van der Waals surface area contributed by atoms with Crippen molar-refractivity contribution >= 4 is 22.3 Å². The minimum absolute atomic E-state index is 0.00797. The highest BCUT2D eigenvalue weighted by Crippen LogP contribution is 2.32. The van der Waals surface area contributed by atoms with Gasteiger partial charge < -0.3 is 10.1 Å². The number of halogens is 2. The molecule has 1 aromatic heterocycles. The van der Waals surface area contributed by atoms with E-state index in [4.69, 9.17) is 10.00 Å². The lowest BCUT2D eigenvalue weighted by Crippen LogP contribution is -2.03. The maximum Gasteiger partial charge on any atom is 0.227 e. The van der Waals surface area contributed by atoms with Crippen LogP contribution in [0.4, 0.5) is 20.4 Å². The van der Waals surface area contributed by atoms with Crippen molar-refractivity contribution in [2.24, 2.45) is 4.36 Å². The zero-order valence-electron chi connectivity index (χ0n) is 16.7. The molecule has 6 nitrogen and oxygen atoms in total. The second-order valence-corrected chi connectivity index (χ2v) is 8.94. The fourth-order valence-corrected chi connectivity index (χ4v) is 4.89. The van der Waals surface area contributed by atoms with Crippen molar-refractivity contribution in [1.82, 2.24) is 9.97 Å². The largest absolute Gasteiger partial charge is 0.496 e. The maximum atomic E-state index is 14.4. The summed E-state index contributed by atoms with van der Waals surface area (Å²) in [6.45, 7) is 0. The first kappa shape index (κ1) is 20.9. The number of aromatic nitrogens is 2. The molecule has 1 fully saturated rings. The summed E-state index contributed by atoms with van der Waals surface area (Å²) in [5.41, 5.74) is 2.11. The molecule has 0 saturated heterocycles. The third kappa shape index (κ3) is 5.03. The predicted octanol–water partition coefficient (Wildman–Crippen LogP) is 5.12. The van der Waals surface area contributed by atoms with Crippen LogP contribution in [0.5, 0.6) is 5.75 Å². The molecule has 0 spiro atoms. The topological polar surface area (TPSA) is 83.2 Å². The molecular weight excluding hydrogens is 420 g/mol. The van der Waals surface area contributed by atoms with E-state index in [-0.39, 0.29) is 28.1 Å². The van der Waals surface area contributed by atoms with Crippen LogP contribution in [-0.4, -0.2) is 22.3 Å². The fourth-order valence-electron chi connectivity index (χ4n) is 3.13. The van der Waals surface area contributed by atoms with Gasteiger partial charge in [0.2, 0.25) is 12.1 Å². The van der Waals surface area contributed by atoms with Crippen molar-refractivity contribution < 1.29 is 13.5 Å². The molecular formula is C22H19F2N5OS. The smallest absolute Gasteiger partial charge is 0.227 e. The number of hydrogen-bond donors (Lipinski definition) is 1. The van der Waals surface area contributed by atoms with Gasteiger partial charge in [-0.2, -0.15) is 9.62 Å². The third-order valence-corrected chi connectivity index (χ3v) is 6.91. The molecule has 0 radical (unpaired) electrons. The minimum Gasteiger partial charge on any atom is -0.496 e. The number of nitriles is 1. The average Bonchev–Trinajstić information content (AvgIpc) is 3.61. The van der Waals surface area contributed by atoms with Crippen LogP contribution in [0.3, 0.4) is 0 Å². The Bertz CT molecular complexity index is 1190. The number of ether oxygens (including phenoxy) is 1. The average molecular weight is 439 g/mol. The Morgan fingerprint density at radius 1 is 1.26 bits per heavy atom. The molecule has 0 bridgehead atoms. The lowest BCUT2D eigenvalue weighted by molar-refractivity contribution is 0.412. The molecule has 1 N–H and O–H groups in total. The number of rotatable bonds is 7. The molecule has 9 heteroatoms. The molecule has 2 aromatic carbocycles. The van der Waals surface area contributed by atoms with E-state index in [9.17, 15) is 8.78 Å². The number of nitrogens with one attached hydrogen (secondary N) is 1. The first-order valence-electron chi connectivity index (χ1n) is 9.59. The second kappa shape index (κ2) is 9.18. The Balaban J connectivity index is 1.59. The van der Waals surface area contributed by atoms with Gasteiger partial charge in [0.1, 0.15) is 17.3 Å². The summed E-state index contributed by atoms with van der Waals surface area (Å²) in [4.78, 5) is 8.29. The molecule has 0 amide bonds. The zero-order chi connectivity index (χ0) is 21.8. The summed E-state index contributed by atoms with van der Waals surface area (Å²) in [6, 6.07) is 11.5. The van der Waals surface area contributed by atoms with Crippen molar-refractivity contribution in [2.75, 3.05) is 12.4 Å². The summed E-state index contributed by atoms with van der Waals surface area (Å²) in [5, 5.41) is 12.5. The fraction of sp³-hybridized carbons (Fsp3) is 0.227. The normalized spacial score (nSPS) is 14.1. The summed E-state index contributed by atoms with van der Waals surface area (Å²) in [6.07, 6.45) is 5.23. The van der Waals surface area contributed by atoms with Crippen LogP contribution in [0.2, 0.25) is 0 Å². The summed E-state index contributed by atoms with van der Waals surface area (Å²) < 4.78 is 37.2. The van der Waals surface area contributed by atoms with Gasteiger partial charge in [-0.3, -0.25) is 0 Å². The Labute approximate surface area is 181 Å². The molecule has 1 heterocycles. The zero-order valence-corrected chi connectivity index (χ0v) is 17.5. The van der Waals surface area contributed by atoms with Gasteiger partial charge in [0.25, 0.3) is 0 Å². The highest BCUT2D eigenvalue weighted by molar-refractivity contribution is 7.87. The van der Waals surface area contributed by atoms with Gasteiger partial charge in [-0.1, -0.05) is 22.8 Å². The van der Waals surface area contributed by atoms with Crippen molar-refractivity contribution in [1.29, 1.82) is 5.26 Å². The summed E-state index contributed by atoms with van der Waals surface area (Å²) >= 11 is 0. The Hall–Kier alpha value is -3.38. The highest BCUT2D eigenvalue weighted by atomic mass is 32.2. The maximum absolute atomic E-state index is 14.4. The van der Waals surface area contributed by atoms with E-state index in [1.807, 2.05) is 30.5 Å². The molecule has 0 aliphatic heterocycles. The van der Waals surface area contributed by atoms with Gasteiger partial charge in [-0.25, -0.2) is 18.7 Å². The van der Waals surface area contributed by atoms with Crippen molar-refractivity contribution in [3.8, 4) is 23.2 Å². The monoisotopic (exact) mass is 439 g/mol. The molecule has 4 rings (SSSR count). The summed E-state index contributed by atoms with van der Waals surface area (Å²) in [5.74, 6) is -0.0492. The third-order valence-electron chi connectivity index (χ3n) is 4.73. The van der Waals surface area contributed by atoms with Crippen molar-refractivity contribution in [3.63, 3.8) is 0 Å². The van der Waals surface area contributed by atoms with Crippen molar-refractivity contribution in [2.45, 2.75) is 23.8 Å². The van der Waals surface area contributed by atoms with Crippen LogP contribution in [0, 0.1) is 23.1 Å². The van der Waals surface area contributed by atoms with Gasteiger partial charge >= 0.3 is 0 Å². The van der Waals surface area contributed by atoms with E-state index in [2.05, 4.69) is 19.6 Å². The van der Waals surface area contributed by atoms with Crippen LogP contribution in [0.1, 0.15) is 18.4 Å². The summed E-state index contributed by atoms with van der Waals surface area (Å²) in [7, 11) is 1.09. The SMILES string of the molecule is COc1cc(F)ccc1-c1nc(Nc2cccc(CS(=NC#N)C3CC3)c2)ncc1F. The number of nitrogens with zero attached hydrogens (tertiary/aromatic N) is 4. The second-order valence-electron chi connectivity index (χ2n) is 7.00. The predicted molar refractivity (Wildman–Crippen MR) is 116 cm³/mol. The van der Waals surface area contributed by atoms with E-state index in [0.29, 0.717) is 16.6 Å². The van der Waals surface area contributed by atoms with E-state index in [1.165, 1.54) is 25.3 Å². The molecule has 1 saturated carbocycles. The van der Waals surface area contributed by atoms with Crippen LogP contribution in [0.15, 0.2) is 53.0 Å². The van der Waals surface area contributed by atoms with E-state index in [1.54, 1.807) is 0 Å². The molecule has 158 valence electrons. The van der Waals surface area contributed by atoms with E-state index < -0.39 is 11.6 Å². The lowest BCUT2D eigenvalue weighted by Gasteiger charge is -2.12. The van der Waals surface area contributed by atoms with Crippen molar-refractivity contribution in [3.05, 3.63) is 65.9 Å². The van der Waals surface area contributed by atoms with Crippen LogP contribution < -0.4 is 10.1 Å². The molecule has 1 unspecified atom stereocenters. The Morgan fingerprint density at radius 2 is 2.10 bits per heavy atom. The van der Waals surface area contributed by atoms with Gasteiger partial charge in [0.15, 0.2) is 5.82 Å². The van der Waals surface area contributed by atoms with E-state index in [0.717, 1.165) is 30.3 Å². The lowest BCUT2D eigenvalue weighted by atomic mass is 10.1. The quantitative estimate of drug-likeness (QED) is 0.517. The van der Waals surface area contributed by atoms with Crippen LogP contribution in [0.25, 0.3) is 11.3 Å². The van der Waals surface area contributed by atoms with Crippen LogP contribution in [-0.2, 0) is 16.4 Å². The Kier molecular flexibility index (Phi) is 6.18. The van der Waals surface area contributed by atoms with Crippen LogP contribution >= 0.6 is 0 Å². The number of hydrogen-bond acceptors (Lipinski definition) is 6. The molecule has 1 aliphatic carbocycles. The van der Waals surface area contributed by atoms with Gasteiger partial charge in [-0.05, 0) is 42.7 Å². The van der Waals surface area contributed by atoms with Gasteiger partial charge in [-0.15, -0.1) is 0 Å². The molecule has 31 heavy (non-hydrogen) atoms. The highest BCUT2D eigenvalue weighted by Gasteiger charge is 2.26.